The van der Waals surface area contributed by atoms with Crippen LogP contribution in [0.1, 0.15) is 42.1 Å². The van der Waals surface area contributed by atoms with E-state index in [-0.39, 0.29) is 0 Å². The molecule has 3 fully saturated rings. The number of nitrogens with zero attached hydrogens (tertiary/aromatic N) is 4. The van der Waals surface area contributed by atoms with Crippen LogP contribution < -0.4 is 20.3 Å². The molecule has 0 bridgehead atoms. The highest BCUT2D eigenvalue weighted by molar-refractivity contribution is 5.73. The Bertz CT molecular complexity index is 995. The average Bonchev–Trinajstić information content (AvgIpc) is 3.32. The molecule has 2 N–H and O–H groups in total. The number of aryl methyl sites for hydroxylation is 1. The van der Waals surface area contributed by atoms with E-state index in [2.05, 4.69) is 44.5 Å². The monoisotopic (exact) mass is 450 g/mol. The maximum atomic E-state index is 6.33. The predicted molar refractivity (Wildman–Crippen MR) is 129 cm³/mol. The maximum absolute atomic E-state index is 6.33. The molecule has 0 aromatic carbocycles. The standard InChI is InChI=1S/C25H34N6O2/c1-17-24-22(14-21(28-17)18-4-8-30(9-5-18)19-2-6-26-15-19)29-25-20(16-33-24)23(3-7-27-25)31-10-12-32-13-11-31/h3,7,14,18-19,26H,2,4-6,8-13,15-16H2,1H3,(H,27,29)/t19-/m1/s1. The van der Waals surface area contributed by atoms with E-state index < -0.39 is 0 Å². The number of fused-ring (bicyclic) bond motifs is 2. The number of ether oxygens (including phenoxy) is 2. The lowest BCUT2D eigenvalue weighted by Gasteiger charge is -2.35. The number of likely N-dealkylation sites (tertiary alicyclic amines) is 1. The summed E-state index contributed by atoms with van der Waals surface area (Å²) < 4.78 is 11.9. The third-order valence-electron chi connectivity index (χ3n) is 7.66. The van der Waals surface area contributed by atoms with Gasteiger partial charge in [0.1, 0.15) is 12.4 Å². The van der Waals surface area contributed by atoms with Gasteiger partial charge in [-0.25, -0.2) is 4.98 Å². The third-order valence-corrected chi connectivity index (χ3v) is 7.66. The lowest BCUT2D eigenvalue weighted by molar-refractivity contribution is 0.122. The zero-order valence-corrected chi connectivity index (χ0v) is 19.5. The first-order valence-electron chi connectivity index (χ1n) is 12.4. The molecule has 33 heavy (non-hydrogen) atoms. The number of morpholine rings is 1. The molecule has 0 aliphatic carbocycles. The van der Waals surface area contributed by atoms with E-state index in [1.54, 1.807) is 0 Å². The van der Waals surface area contributed by atoms with E-state index in [1.807, 2.05) is 6.20 Å². The summed E-state index contributed by atoms with van der Waals surface area (Å²) in [5.41, 5.74) is 5.42. The van der Waals surface area contributed by atoms with E-state index in [9.17, 15) is 0 Å². The number of anilines is 3. The van der Waals surface area contributed by atoms with Crippen LogP contribution in [-0.2, 0) is 11.3 Å². The quantitative estimate of drug-likeness (QED) is 0.740. The molecule has 6 heterocycles. The van der Waals surface area contributed by atoms with Crippen molar-refractivity contribution in [3.05, 3.63) is 35.3 Å². The highest BCUT2D eigenvalue weighted by atomic mass is 16.5. The van der Waals surface area contributed by atoms with Gasteiger partial charge >= 0.3 is 0 Å². The van der Waals surface area contributed by atoms with Crippen LogP contribution in [0.25, 0.3) is 0 Å². The fraction of sp³-hybridized carbons (Fsp3) is 0.600. The summed E-state index contributed by atoms with van der Waals surface area (Å²) in [4.78, 5) is 14.7. The summed E-state index contributed by atoms with van der Waals surface area (Å²) in [6.07, 6.45) is 5.50. The maximum Gasteiger partial charge on any atom is 0.164 e. The van der Waals surface area contributed by atoms with Crippen molar-refractivity contribution < 1.29 is 9.47 Å². The van der Waals surface area contributed by atoms with Crippen LogP contribution >= 0.6 is 0 Å². The van der Waals surface area contributed by atoms with Crippen LogP contribution in [0.2, 0.25) is 0 Å². The summed E-state index contributed by atoms with van der Waals surface area (Å²) in [5, 5.41) is 7.11. The zero-order valence-electron chi connectivity index (χ0n) is 19.5. The lowest BCUT2D eigenvalue weighted by Crippen LogP contribution is -2.42. The SMILES string of the molecule is Cc1nc(C2CCN([C@@H]3CCNC3)CC2)cc2c1OCc1c(N3CCOCC3)ccnc1N2. The van der Waals surface area contributed by atoms with Crippen molar-refractivity contribution in [2.24, 2.45) is 0 Å². The molecule has 8 nitrogen and oxygen atoms in total. The Kier molecular flexibility index (Phi) is 5.82. The van der Waals surface area contributed by atoms with Crippen LogP contribution in [-0.4, -0.2) is 73.4 Å². The number of hydrogen-bond donors (Lipinski definition) is 2. The number of pyridine rings is 2. The number of hydrogen-bond acceptors (Lipinski definition) is 8. The molecule has 8 heteroatoms. The summed E-state index contributed by atoms with van der Waals surface area (Å²) in [6, 6.07) is 5.01. The summed E-state index contributed by atoms with van der Waals surface area (Å²) in [6.45, 7) is 10.5. The van der Waals surface area contributed by atoms with Gasteiger partial charge in [-0.05, 0) is 58.0 Å². The Morgan fingerprint density at radius 1 is 1.09 bits per heavy atom. The fourth-order valence-corrected chi connectivity index (χ4v) is 5.79. The van der Waals surface area contributed by atoms with Gasteiger partial charge in [-0.1, -0.05) is 0 Å². The summed E-state index contributed by atoms with van der Waals surface area (Å²) in [5.74, 6) is 2.23. The van der Waals surface area contributed by atoms with Gasteiger partial charge in [0.25, 0.3) is 0 Å². The van der Waals surface area contributed by atoms with E-state index in [0.29, 0.717) is 18.6 Å². The summed E-state index contributed by atoms with van der Waals surface area (Å²) >= 11 is 0. The van der Waals surface area contributed by atoms with Crippen LogP contribution in [0.4, 0.5) is 17.2 Å². The largest absolute Gasteiger partial charge is 0.485 e. The molecule has 0 saturated carbocycles. The minimum absolute atomic E-state index is 0.492. The second-order valence-electron chi connectivity index (χ2n) is 9.64. The van der Waals surface area contributed by atoms with E-state index in [4.69, 9.17) is 14.5 Å². The normalized spacial score (nSPS) is 23.9. The molecule has 0 spiro atoms. The first-order chi connectivity index (χ1) is 16.3. The molecule has 3 saturated heterocycles. The molecule has 0 radical (unpaired) electrons. The zero-order chi connectivity index (χ0) is 22.2. The number of nitrogens with one attached hydrogen (secondary N) is 2. The first-order valence-corrected chi connectivity index (χ1v) is 12.4. The predicted octanol–water partition coefficient (Wildman–Crippen LogP) is 2.80. The second-order valence-corrected chi connectivity index (χ2v) is 9.64. The number of rotatable bonds is 3. The highest BCUT2D eigenvalue weighted by Gasteiger charge is 2.30. The molecule has 6 rings (SSSR count). The highest BCUT2D eigenvalue weighted by Crippen LogP contribution is 2.40. The molecule has 2 aromatic rings. The smallest absolute Gasteiger partial charge is 0.164 e. The molecule has 1 atom stereocenters. The van der Waals surface area contributed by atoms with Gasteiger partial charge in [-0.15, -0.1) is 0 Å². The van der Waals surface area contributed by atoms with Gasteiger partial charge in [-0.2, -0.15) is 0 Å². The molecule has 0 unspecified atom stereocenters. The lowest BCUT2D eigenvalue weighted by atomic mass is 9.91. The van der Waals surface area contributed by atoms with Crippen molar-refractivity contribution in [3.8, 4) is 5.75 Å². The molecule has 0 amide bonds. The van der Waals surface area contributed by atoms with Crippen molar-refractivity contribution in [3.63, 3.8) is 0 Å². The molecular formula is C25H34N6O2. The van der Waals surface area contributed by atoms with Gasteiger partial charge in [0.05, 0.1) is 30.2 Å². The Hall–Kier alpha value is -2.42. The van der Waals surface area contributed by atoms with Gasteiger partial charge < -0.3 is 25.0 Å². The fourth-order valence-electron chi connectivity index (χ4n) is 5.79. The topological polar surface area (TPSA) is 74.8 Å². The van der Waals surface area contributed by atoms with Gasteiger partial charge in [0, 0.05) is 49.2 Å². The molecule has 4 aliphatic heterocycles. The first kappa shape index (κ1) is 21.1. The molecule has 176 valence electrons. The second kappa shape index (κ2) is 9.08. The van der Waals surface area contributed by atoms with Crippen LogP contribution in [0.3, 0.4) is 0 Å². The third kappa shape index (κ3) is 4.16. The van der Waals surface area contributed by atoms with E-state index in [1.165, 1.54) is 30.6 Å². The molecule has 2 aromatic heterocycles. The van der Waals surface area contributed by atoms with Crippen LogP contribution in [0, 0.1) is 6.92 Å². The minimum Gasteiger partial charge on any atom is -0.485 e. The Morgan fingerprint density at radius 2 is 1.94 bits per heavy atom. The molecular weight excluding hydrogens is 416 g/mol. The van der Waals surface area contributed by atoms with Crippen molar-refractivity contribution in [1.82, 2.24) is 20.2 Å². The average molecular weight is 451 g/mol. The number of aromatic nitrogens is 2. The van der Waals surface area contributed by atoms with Crippen LogP contribution in [0.15, 0.2) is 18.3 Å². The Labute approximate surface area is 195 Å². The van der Waals surface area contributed by atoms with E-state index >= 15 is 0 Å². The number of piperidine rings is 1. The van der Waals surface area contributed by atoms with Crippen molar-refractivity contribution in [2.75, 3.05) is 62.7 Å². The Balaban J connectivity index is 1.23. The van der Waals surface area contributed by atoms with Gasteiger partial charge in [0.2, 0.25) is 0 Å². The van der Waals surface area contributed by atoms with Crippen molar-refractivity contribution in [1.29, 1.82) is 0 Å². The van der Waals surface area contributed by atoms with Gasteiger partial charge in [0.15, 0.2) is 5.75 Å². The van der Waals surface area contributed by atoms with Crippen molar-refractivity contribution in [2.45, 2.75) is 44.8 Å². The summed E-state index contributed by atoms with van der Waals surface area (Å²) in [7, 11) is 0. The molecule has 4 aliphatic rings. The van der Waals surface area contributed by atoms with Crippen molar-refractivity contribution >= 4 is 17.2 Å². The van der Waals surface area contributed by atoms with E-state index in [0.717, 1.165) is 81.0 Å². The van der Waals surface area contributed by atoms with Gasteiger partial charge in [-0.3, -0.25) is 9.88 Å². The Morgan fingerprint density at radius 3 is 2.73 bits per heavy atom. The minimum atomic E-state index is 0.492. The van der Waals surface area contributed by atoms with Crippen LogP contribution in [0.5, 0.6) is 5.75 Å².